The minimum atomic E-state index is -4.22. The van der Waals surface area contributed by atoms with Gasteiger partial charge in [0.2, 0.25) is 5.91 Å². The van der Waals surface area contributed by atoms with E-state index in [9.17, 15) is 23.5 Å². The van der Waals surface area contributed by atoms with Crippen LogP contribution in [-0.4, -0.2) is 42.7 Å². The number of carbonyl (C=O) groups is 1. The fraction of sp³-hybridized carbons (Fsp3) is 0.0909. The van der Waals surface area contributed by atoms with Gasteiger partial charge in [-0.2, -0.15) is 0 Å². The number of hydrogen-bond donors (Lipinski definition) is 2. The minimum Gasteiger partial charge on any atom is -0.506 e. The molecule has 4 aromatic rings. The molecule has 2 aromatic carbocycles. The lowest BCUT2D eigenvalue weighted by molar-refractivity contribution is -0.832. The number of rotatable bonds is 8. The van der Waals surface area contributed by atoms with Gasteiger partial charge in [0.1, 0.15) is 17.9 Å². The van der Waals surface area contributed by atoms with Crippen LogP contribution < -0.4 is 15.0 Å². The van der Waals surface area contributed by atoms with Crippen LogP contribution in [0.1, 0.15) is 5.69 Å². The highest BCUT2D eigenvalue weighted by atomic mass is 32.2. The molecule has 1 amide bonds. The van der Waals surface area contributed by atoms with E-state index in [1.807, 2.05) is 6.07 Å². The third-order valence-corrected chi connectivity index (χ3v) is 6.35. The van der Waals surface area contributed by atoms with Gasteiger partial charge in [-0.05, 0) is 35.2 Å². The first-order valence-corrected chi connectivity index (χ1v) is 11.4. The Labute approximate surface area is 193 Å². The Bertz CT molecular complexity index is 1470. The van der Waals surface area contributed by atoms with Crippen LogP contribution >= 0.6 is 0 Å². The van der Waals surface area contributed by atoms with Crippen molar-refractivity contribution in [2.45, 2.75) is 9.92 Å². The molecule has 0 spiro atoms. The summed E-state index contributed by atoms with van der Waals surface area (Å²) in [6, 6.07) is 15.8. The molecular weight excluding hydrogens is 464 g/mol. The zero-order chi connectivity index (χ0) is 24.1. The van der Waals surface area contributed by atoms with Crippen molar-refractivity contribution in [3.05, 3.63) is 77.6 Å². The first kappa shape index (κ1) is 22.7. The highest BCUT2D eigenvalue weighted by molar-refractivity contribution is 7.91. The molecule has 34 heavy (non-hydrogen) atoms. The van der Waals surface area contributed by atoms with Gasteiger partial charge in [-0.25, -0.2) is 13.4 Å². The van der Waals surface area contributed by atoms with Gasteiger partial charge in [0.15, 0.2) is 0 Å². The quantitative estimate of drug-likeness (QED) is 0.216. The zero-order valence-corrected chi connectivity index (χ0v) is 18.3. The third kappa shape index (κ3) is 4.81. The van der Waals surface area contributed by atoms with Gasteiger partial charge in [0.25, 0.3) is 9.84 Å². The van der Waals surface area contributed by atoms with Gasteiger partial charge >= 0.3 is 10.9 Å². The van der Waals surface area contributed by atoms with Crippen LogP contribution in [0.15, 0.2) is 81.3 Å². The summed E-state index contributed by atoms with van der Waals surface area (Å²) in [5.41, 5.74) is 0.890. The number of nitrogens with zero attached hydrogens (tertiary/aromatic N) is 3. The van der Waals surface area contributed by atoms with Crippen molar-refractivity contribution in [2.75, 3.05) is 13.2 Å². The highest BCUT2D eigenvalue weighted by Crippen LogP contribution is 2.25. The smallest absolute Gasteiger partial charge is 0.415 e. The number of nitrogens with one attached hydrogen (secondary N) is 1. The average molecular weight is 482 g/mol. The predicted octanol–water partition coefficient (Wildman–Crippen LogP) is 1.60. The summed E-state index contributed by atoms with van der Waals surface area (Å²) < 4.78 is 35.0. The van der Waals surface area contributed by atoms with Crippen LogP contribution in [0.4, 0.5) is 0 Å². The number of phenolic OH excluding ortho intramolecular Hbond substituents is 1. The maximum atomic E-state index is 12.7. The minimum absolute atomic E-state index is 0.00828. The number of carbonyl (C=O) groups excluding carboxylic acids is 1. The van der Waals surface area contributed by atoms with E-state index in [1.165, 1.54) is 42.5 Å². The highest BCUT2D eigenvalue weighted by Gasteiger charge is 2.35. The number of aromatic nitrogens is 3. The molecule has 0 fully saturated rings. The van der Waals surface area contributed by atoms with Gasteiger partial charge < -0.3 is 20.4 Å². The molecule has 0 bridgehead atoms. The molecule has 12 heteroatoms. The summed E-state index contributed by atoms with van der Waals surface area (Å²) in [6.45, 7) is -0.183. The number of hydrogen-bond acceptors (Lipinski definition) is 9. The fourth-order valence-electron chi connectivity index (χ4n) is 3.02. The maximum absolute atomic E-state index is 12.7. The Morgan fingerprint density at radius 1 is 1.15 bits per heavy atom. The summed E-state index contributed by atoms with van der Waals surface area (Å²) in [7, 11) is -4.22. The molecular formula is C22H18N4O7S. The lowest BCUT2D eigenvalue weighted by Gasteiger charge is -2.04. The van der Waals surface area contributed by atoms with E-state index in [0.717, 1.165) is 5.39 Å². The van der Waals surface area contributed by atoms with Crippen molar-refractivity contribution in [2.24, 2.45) is 0 Å². The summed E-state index contributed by atoms with van der Waals surface area (Å²) in [4.78, 5) is 16.0. The Balaban J connectivity index is 1.35. The first-order chi connectivity index (χ1) is 16.4. The molecule has 174 valence electrons. The summed E-state index contributed by atoms with van der Waals surface area (Å²) >= 11 is 0. The summed E-state index contributed by atoms with van der Waals surface area (Å²) in [5.74, 6) is -0.932. The lowest BCUT2D eigenvalue weighted by Crippen LogP contribution is -2.31. The topological polar surface area (TPSA) is 159 Å². The molecule has 0 aliphatic heterocycles. The van der Waals surface area contributed by atoms with Crippen molar-refractivity contribution in [3.63, 3.8) is 0 Å². The van der Waals surface area contributed by atoms with Crippen molar-refractivity contribution in [3.8, 4) is 11.6 Å². The second kappa shape index (κ2) is 9.58. The van der Waals surface area contributed by atoms with E-state index >= 15 is 0 Å². The molecule has 0 radical (unpaired) electrons. The second-order valence-electron chi connectivity index (χ2n) is 6.91. The van der Waals surface area contributed by atoms with E-state index in [-0.39, 0.29) is 28.7 Å². The van der Waals surface area contributed by atoms with Crippen molar-refractivity contribution in [1.29, 1.82) is 0 Å². The van der Waals surface area contributed by atoms with Crippen LogP contribution in [0.2, 0.25) is 0 Å². The molecule has 2 aromatic heterocycles. The molecule has 0 unspecified atom stereocenters. The Hall–Kier alpha value is -4.45. The van der Waals surface area contributed by atoms with Gasteiger partial charge in [0.05, 0.1) is 22.3 Å². The van der Waals surface area contributed by atoms with E-state index in [4.69, 9.17) is 4.74 Å². The second-order valence-corrected chi connectivity index (χ2v) is 8.78. The van der Waals surface area contributed by atoms with Crippen LogP contribution in [0.5, 0.6) is 11.6 Å². The molecule has 11 nitrogen and oxygen atoms in total. The Morgan fingerprint density at radius 2 is 1.94 bits per heavy atom. The molecule has 2 N–H and O–H groups in total. The normalized spacial score (nSPS) is 11.6. The molecule has 0 saturated carbocycles. The predicted molar refractivity (Wildman–Crippen MR) is 118 cm³/mol. The van der Waals surface area contributed by atoms with Gasteiger partial charge in [-0.1, -0.05) is 36.4 Å². The Morgan fingerprint density at radius 3 is 2.74 bits per heavy atom. The number of fused-ring (bicyclic) bond motifs is 1. The maximum Gasteiger partial charge on any atom is 0.415 e. The molecule has 0 atom stereocenters. The number of ether oxygens (including phenoxy) is 1. The fourth-order valence-corrected chi connectivity index (χ4v) is 4.32. The molecule has 0 aliphatic rings. The number of amides is 1. The largest absolute Gasteiger partial charge is 0.506 e. The average Bonchev–Trinajstić information content (AvgIpc) is 3.22. The number of benzene rings is 2. The van der Waals surface area contributed by atoms with Crippen molar-refractivity contribution >= 4 is 32.7 Å². The van der Waals surface area contributed by atoms with E-state index in [1.54, 1.807) is 24.3 Å². The molecule has 4 rings (SSSR count). The molecule has 0 saturated heterocycles. The Kier molecular flexibility index (Phi) is 6.41. The molecule has 2 heterocycles. The van der Waals surface area contributed by atoms with Crippen molar-refractivity contribution in [1.82, 2.24) is 15.5 Å². The molecule has 0 aliphatic carbocycles. The zero-order valence-electron chi connectivity index (χ0n) is 17.5. The van der Waals surface area contributed by atoms with Crippen LogP contribution in [0, 0.1) is 5.21 Å². The van der Waals surface area contributed by atoms with E-state index in [2.05, 4.69) is 20.1 Å². The number of aromatic hydroxyl groups is 1. The summed E-state index contributed by atoms with van der Waals surface area (Å²) in [5, 5.41) is 27.6. The third-order valence-electron chi connectivity index (χ3n) is 4.62. The van der Waals surface area contributed by atoms with Crippen LogP contribution in [0.25, 0.3) is 17.0 Å². The van der Waals surface area contributed by atoms with Gasteiger partial charge in [-0.15, -0.1) is 0 Å². The standard InChI is InChI=1S/C22H18N4O7S/c27-18-8-4-5-15-9-10-16(24-20(15)18)11-12-19(28)23-13-14-32-21-22(26(29)33-25-21)34(30,31)17-6-2-1-3-7-17/h1-12,27H,13-14H2,(H,23,28)/b12-11+. The van der Waals surface area contributed by atoms with Crippen LogP contribution in [0.3, 0.4) is 0 Å². The van der Waals surface area contributed by atoms with E-state index < -0.39 is 26.7 Å². The van der Waals surface area contributed by atoms with E-state index in [0.29, 0.717) is 11.2 Å². The summed E-state index contributed by atoms with van der Waals surface area (Å²) in [6.07, 6.45) is 2.73. The number of para-hydroxylation sites is 1. The van der Waals surface area contributed by atoms with Crippen LogP contribution in [-0.2, 0) is 14.6 Å². The van der Waals surface area contributed by atoms with Gasteiger partial charge in [0, 0.05) is 11.5 Å². The van der Waals surface area contributed by atoms with Gasteiger partial charge in [-0.3, -0.25) is 9.42 Å². The number of sulfone groups is 1. The van der Waals surface area contributed by atoms with Crippen molar-refractivity contribution < 1.29 is 32.6 Å². The number of pyridine rings is 1. The first-order valence-electron chi connectivity index (χ1n) is 9.93. The SMILES string of the molecule is O=C(/C=C/c1ccc2cccc(O)c2n1)NCCOc1no[n+]([O-])c1S(=O)(=O)c1ccccc1. The lowest BCUT2D eigenvalue weighted by atomic mass is 10.2. The monoisotopic (exact) mass is 482 g/mol. The number of phenols is 1.